The van der Waals surface area contributed by atoms with Gasteiger partial charge in [0.1, 0.15) is 11.1 Å². The smallest absolute Gasteiger partial charge is 0.410 e. The zero-order chi connectivity index (χ0) is 19.8. The van der Waals surface area contributed by atoms with Crippen LogP contribution in [-0.2, 0) is 4.74 Å². The van der Waals surface area contributed by atoms with E-state index in [1.165, 1.54) is 0 Å². The summed E-state index contributed by atoms with van der Waals surface area (Å²) in [5, 5.41) is 0.550. The fourth-order valence-electron chi connectivity index (χ4n) is 3.08. The third-order valence-electron chi connectivity index (χ3n) is 4.23. The molecule has 1 aliphatic heterocycles. The molecule has 2 aromatic rings. The highest BCUT2D eigenvalue weighted by Gasteiger charge is 2.32. The summed E-state index contributed by atoms with van der Waals surface area (Å²) in [6, 6.07) is 4.02. The Morgan fingerprint density at radius 2 is 2.11 bits per heavy atom. The van der Waals surface area contributed by atoms with Crippen LogP contribution in [0.2, 0.25) is 5.02 Å². The first kappa shape index (κ1) is 19.6. The molecule has 1 atom stereocenters. The predicted molar refractivity (Wildman–Crippen MR) is 105 cm³/mol. The summed E-state index contributed by atoms with van der Waals surface area (Å²) in [6.07, 6.45) is -0.294. The number of carbonyl (C=O) groups is 1. The lowest BCUT2D eigenvalue weighted by Gasteiger charge is -2.39. The van der Waals surface area contributed by atoms with Gasteiger partial charge in [-0.2, -0.15) is 4.98 Å². The van der Waals surface area contributed by atoms with Crippen LogP contribution < -0.4 is 9.64 Å². The zero-order valence-electron chi connectivity index (χ0n) is 16.4. The maximum absolute atomic E-state index is 12.3. The molecule has 1 amide bonds. The Hall–Kier alpha value is -2.15. The number of oxazole rings is 1. The maximum Gasteiger partial charge on any atom is 0.410 e. The van der Waals surface area contributed by atoms with Gasteiger partial charge in [-0.15, -0.1) is 0 Å². The van der Waals surface area contributed by atoms with Crippen molar-refractivity contribution in [2.75, 3.05) is 31.1 Å². The van der Waals surface area contributed by atoms with E-state index in [9.17, 15) is 4.79 Å². The Morgan fingerprint density at radius 3 is 2.74 bits per heavy atom. The van der Waals surface area contributed by atoms with E-state index in [-0.39, 0.29) is 12.1 Å². The number of benzene rings is 1. The number of carbonyl (C=O) groups excluding carboxylic acids is 1. The first-order valence-electron chi connectivity index (χ1n) is 9.15. The molecule has 1 saturated heterocycles. The van der Waals surface area contributed by atoms with Crippen LogP contribution in [0, 0.1) is 0 Å². The molecule has 2 heterocycles. The maximum atomic E-state index is 12.3. The fourth-order valence-corrected chi connectivity index (χ4v) is 3.28. The molecule has 0 saturated carbocycles. The molecule has 1 aromatic carbocycles. The fraction of sp³-hybridized carbons (Fsp3) is 0.579. The van der Waals surface area contributed by atoms with Gasteiger partial charge >= 0.3 is 6.09 Å². The Kier molecular flexibility index (Phi) is 5.42. The third kappa shape index (κ3) is 4.40. The molecule has 3 rings (SSSR count). The largest absolute Gasteiger partial charge is 0.490 e. The van der Waals surface area contributed by atoms with Crippen LogP contribution in [0.3, 0.4) is 0 Å². The third-order valence-corrected chi connectivity index (χ3v) is 4.45. The summed E-state index contributed by atoms with van der Waals surface area (Å²) in [4.78, 5) is 20.7. The van der Waals surface area contributed by atoms with E-state index in [1.54, 1.807) is 17.0 Å². The molecule has 1 aliphatic rings. The van der Waals surface area contributed by atoms with Gasteiger partial charge < -0.3 is 23.7 Å². The van der Waals surface area contributed by atoms with Crippen molar-refractivity contribution in [1.29, 1.82) is 0 Å². The molecule has 7 nitrogen and oxygen atoms in total. The van der Waals surface area contributed by atoms with Gasteiger partial charge in [0.15, 0.2) is 11.3 Å². The minimum Gasteiger partial charge on any atom is -0.490 e. The number of fused-ring (bicyclic) bond motifs is 1. The van der Waals surface area contributed by atoms with Crippen molar-refractivity contribution in [2.24, 2.45) is 0 Å². The normalized spacial score (nSPS) is 18.1. The number of halogens is 1. The Bertz CT molecular complexity index is 830. The van der Waals surface area contributed by atoms with Crippen molar-refractivity contribution >= 4 is 34.8 Å². The lowest BCUT2D eigenvalue weighted by Crippen LogP contribution is -2.54. The van der Waals surface area contributed by atoms with Gasteiger partial charge in [0, 0.05) is 36.8 Å². The quantitative estimate of drug-likeness (QED) is 0.770. The molecule has 0 aliphatic carbocycles. The van der Waals surface area contributed by atoms with Gasteiger partial charge in [0.2, 0.25) is 0 Å². The summed E-state index contributed by atoms with van der Waals surface area (Å²) in [5.41, 5.74) is 0.730. The second kappa shape index (κ2) is 7.46. The number of rotatable bonds is 3. The van der Waals surface area contributed by atoms with Gasteiger partial charge in [-0.1, -0.05) is 11.6 Å². The van der Waals surface area contributed by atoms with Gasteiger partial charge in [-0.05, 0) is 40.7 Å². The van der Waals surface area contributed by atoms with Crippen LogP contribution >= 0.6 is 11.6 Å². The molecule has 1 aromatic heterocycles. The molecular formula is C19H26ClN3O4. The molecule has 0 N–H and O–H groups in total. The summed E-state index contributed by atoms with van der Waals surface area (Å²) in [5.74, 6) is 0.582. The Balaban J connectivity index is 1.78. The number of hydrogen-bond donors (Lipinski definition) is 0. The first-order valence-corrected chi connectivity index (χ1v) is 9.53. The van der Waals surface area contributed by atoms with Crippen molar-refractivity contribution in [3.63, 3.8) is 0 Å². The van der Waals surface area contributed by atoms with E-state index in [1.807, 2.05) is 39.5 Å². The second-order valence-electron chi connectivity index (χ2n) is 7.65. The van der Waals surface area contributed by atoms with Crippen LogP contribution in [0.15, 0.2) is 16.5 Å². The number of aromatic nitrogens is 1. The van der Waals surface area contributed by atoms with Crippen molar-refractivity contribution < 1.29 is 18.7 Å². The highest BCUT2D eigenvalue weighted by molar-refractivity contribution is 6.31. The molecule has 1 fully saturated rings. The Morgan fingerprint density at radius 1 is 1.37 bits per heavy atom. The monoisotopic (exact) mass is 395 g/mol. The average Bonchev–Trinajstić information content (AvgIpc) is 2.97. The van der Waals surface area contributed by atoms with E-state index in [2.05, 4.69) is 4.98 Å². The van der Waals surface area contributed by atoms with Crippen LogP contribution in [0.5, 0.6) is 5.75 Å². The lowest BCUT2D eigenvalue weighted by atomic mass is 10.2. The molecule has 27 heavy (non-hydrogen) atoms. The average molecular weight is 396 g/mol. The first-order chi connectivity index (χ1) is 12.7. The number of amides is 1. The van der Waals surface area contributed by atoms with Crippen LogP contribution in [0.4, 0.5) is 10.8 Å². The Labute approximate surface area is 164 Å². The molecule has 0 radical (unpaired) electrons. The summed E-state index contributed by atoms with van der Waals surface area (Å²) in [7, 11) is 0. The molecular weight excluding hydrogens is 370 g/mol. The lowest BCUT2D eigenvalue weighted by molar-refractivity contribution is 0.0216. The topological polar surface area (TPSA) is 68.0 Å². The summed E-state index contributed by atoms with van der Waals surface area (Å²) < 4.78 is 17.1. The van der Waals surface area contributed by atoms with Gasteiger partial charge in [-0.25, -0.2) is 4.79 Å². The molecule has 148 valence electrons. The summed E-state index contributed by atoms with van der Waals surface area (Å²) >= 11 is 6.16. The molecule has 0 spiro atoms. The van der Waals surface area contributed by atoms with Crippen molar-refractivity contribution in [3.8, 4) is 5.75 Å². The highest BCUT2D eigenvalue weighted by Crippen LogP contribution is 2.34. The minimum atomic E-state index is -0.507. The van der Waals surface area contributed by atoms with Gasteiger partial charge in [0.25, 0.3) is 6.01 Å². The van der Waals surface area contributed by atoms with Crippen molar-refractivity contribution in [2.45, 2.75) is 46.3 Å². The molecule has 0 bridgehead atoms. The van der Waals surface area contributed by atoms with Crippen molar-refractivity contribution in [1.82, 2.24) is 9.88 Å². The number of ether oxygens (including phenoxy) is 2. The SMILES string of the molecule is CCOc1cc(Cl)cc2nc(N3CCN(C(=O)OC(C)(C)C)C[C@@H]3C)oc12. The zero-order valence-corrected chi connectivity index (χ0v) is 17.2. The number of nitrogens with zero attached hydrogens (tertiary/aromatic N) is 3. The predicted octanol–water partition coefficient (Wildman–Crippen LogP) is 4.33. The van der Waals surface area contributed by atoms with E-state index in [0.717, 1.165) is 0 Å². The second-order valence-corrected chi connectivity index (χ2v) is 8.09. The van der Waals surface area contributed by atoms with Crippen LogP contribution in [0.1, 0.15) is 34.6 Å². The van der Waals surface area contributed by atoms with Gasteiger partial charge in [0.05, 0.1) is 6.61 Å². The van der Waals surface area contributed by atoms with Crippen LogP contribution in [-0.4, -0.2) is 53.9 Å². The number of piperazine rings is 1. The standard InChI is InChI=1S/C19H26ClN3O4/c1-6-25-15-10-13(20)9-14-16(15)26-17(21-14)23-8-7-22(11-12(23)2)18(24)27-19(3,4)5/h9-10,12H,6-8,11H2,1-5H3/t12-/m0/s1. The molecule has 8 heteroatoms. The summed E-state index contributed by atoms with van der Waals surface area (Å²) in [6.45, 7) is 11.7. The van der Waals surface area contributed by atoms with E-state index >= 15 is 0 Å². The van der Waals surface area contributed by atoms with Crippen molar-refractivity contribution in [3.05, 3.63) is 17.2 Å². The minimum absolute atomic E-state index is 0.0327. The van der Waals surface area contributed by atoms with E-state index < -0.39 is 5.60 Å². The van der Waals surface area contributed by atoms with E-state index in [4.69, 9.17) is 25.5 Å². The number of anilines is 1. The molecule has 0 unspecified atom stereocenters. The number of hydrogen-bond acceptors (Lipinski definition) is 6. The van der Waals surface area contributed by atoms with Crippen LogP contribution in [0.25, 0.3) is 11.1 Å². The van der Waals surface area contributed by atoms with E-state index in [0.29, 0.717) is 54.1 Å². The highest BCUT2D eigenvalue weighted by atomic mass is 35.5. The van der Waals surface area contributed by atoms with Gasteiger partial charge in [-0.3, -0.25) is 0 Å².